The molecule has 0 unspecified atom stereocenters. The zero-order valence-corrected chi connectivity index (χ0v) is 16.4. The van der Waals surface area contributed by atoms with Gasteiger partial charge in [-0.05, 0) is 67.5 Å². The van der Waals surface area contributed by atoms with Gasteiger partial charge in [-0.15, -0.1) is 0 Å². The number of carbonyl (C=O) groups is 1. The molecule has 6 heteroatoms. The molecule has 0 aliphatic carbocycles. The number of amides is 1. The van der Waals surface area contributed by atoms with E-state index in [4.69, 9.17) is 5.11 Å². The molecule has 1 fully saturated rings. The number of aromatic nitrogens is 2. The number of aryl methyl sites for hydroxylation is 1. The number of rotatable bonds is 6. The summed E-state index contributed by atoms with van der Waals surface area (Å²) in [5.74, 6) is 0.307. The Kier molecular flexibility index (Phi) is 5.90. The summed E-state index contributed by atoms with van der Waals surface area (Å²) in [7, 11) is 0. The molecule has 152 valence electrons. The van der Waals surface area contributed by atoms with Gasteiger partial charge in [0, 0.05) is 25.2 Å². The highest BCUT2D eigenvalue weighted by atomic mass is 19.1. The van der Waals surface area contributed by atoms with Crippen molar-refractivity contribution in [3.05, 3.63) is 65.7 Å². The van der Waals surface area contributed by atoms with Crippen LogP contribution in [0.15, 0.2) is 48.8 Å². The van der Waals surface area contributed by atoms with Gasteiger partial charge in [0.1, 0.15) is 5.82 Å². The quantitative estimate of drug-likeness (QED) is 0.693. The molecular formula is C23H26FN3O2. The Morgan fingerprint density at radius 2 is 2.03 bits per heavy atom. The van der Waals surface area contributed by atoms with Crippen LogP contribution in [0.5, 0.6) is 0 Å². The van der Waals surface area contributed by atoms with Gasteiger partial charge in [0.25, 0.3) is 5.91 Å². The molecule has 0 spiro atoms. The third kappa shape index (κ3) is 4.48. The van der Waals surface area contributed by atoms with Crippen molar-refractivity contribution in [2.24, 2.45) is 5.92 Å². The summed E-state index contributed by atoms with van der Waals surface area (Å²) in [5, 5.41) is 9.14. The number of piperidine rings is 1. The minimum Gasteiger partial charge on any atom is -0.395 e. The number of aliphatic hydroxyl groups excluding tert-OH is 1. The minimum atomic E-state index is -0.207. The number of fused-ring (bicyclic) bond motifs is 1. The van der Waals surface area contributed by atoms with Crippen LogP contribution in [0.25, 0.3) is 11.0 Å². The van der Waals surface area contributed by atoms with E-state index in [1.165, 1.54) is 12.1 Å². The molecule has 0 bridgehead atoms. The fourth-order valence-electron chi connectivity index (χ4n) is 4.17. The second kappa shape index (κ2) is 8.74. The zero-order chi connectivity index (χ0) is 20.2. The summed E-state index contributed by atoms with van der Waals surface area (Å²) in [6, 6.07) is 12.3. The third-order valence-electron chi connectivity index (χ3n) is 5.77. The molecule has 3 aromatic rings. The first kappa shape index (κ1) is 19.6. The predicted molar refractivity (Wildman–Crippen MR) is 110 cm³/mol. The summed E-state index contributed by atoms with van der Waals surface area (Å²) >= 11 is 0. The van der Waals surface area contributed by atoms with E-state index < -0.39 is 0 Å². The molecule has 1 N–H and O–H groups in total. The first-order chi connectivity index (χ1) is 14.1. The normalized spacial score (nSPS) is 17.0. The van der Waals surface area contributed by atoms with Gasteiger partial charge in [-0.3, -0.25) is 4.79 Å². The van der Waals surface area contributed by atoms with Gasteiger partial charge in [0.05, 0.1) is 24.0 Å². The zero-order valence-electron chi connectivity index (χ0n) is 16.4. The van der Waals surface area contributed by atoms with Crippen molar-refractivity contribution >= 4 is 16.9 Å². The van der Waals surface area contributed by atoms with E-state index in [0.717, 1.165) is 55.4 Å². The van der Waals surface area contributed by atoms with Crippen LogP contribution in [0, 0.1) is 11.7 Å². The SMILES string of the molecule is O=C(c1ccc2c(c1)ncn2CCO)N1CCC[C@H](CCc2ccc(F)cc2)C1. The Labute approximate surface area is 169 Å². The summed E-state index contributed by atoms with van der Waals surface area (Å²) < 4.78 is 14.9. The van der Waals surface area contributed by atoms with Crippen LogP contribution in [0.2, 0.25) is 0 Å². The molecule has 0 saturated carbocycles. The molecule has 1 aliphatic heterocycles. The number of hydrogen-bond acceptors (Lipinski definition) is 3. The van der Waals surface area contributed by atoms with Crippen LogP contribution in [-0.4, -0.2) is 45.2 Å². The van der Waals surface area contributed by atoms with Crippen LogP contribution < -0.4 is 0 Å². The Bertz CT molecular complexity index is 983. The standard InChI is InChI=1S/C23H26FN3O2/c24-20-8-5-17(6-9-20)3-4-18-2-1-11-26(15-18)23(29)19-7-10-22-21(14-19)25-16-27(22)12-13-28/h5-10,14,16,18,28H,1-4,11-13,15H2/t18-/m1/s1. The minimum absolute atomic E-state index is 0.0510. The molecule has 2 heterocycles. The van der Waals surface area contributed by atoms with Crippen LogP contribution in [-0.2, 0) is 13.0 Å². The van der Waals surface area contributed by atoms with Crippen LogP contribution >= 0.6 is 0 Å². The predicted octanol–water partition coefficient (Wildman–Crippen LogP) is 3.65. The van der Waals surface area contributed by atoms with Crippen molar-refractivity contribution in [1.82, 2.24) is 14.5 Å². The average Bonchev–Trinajstić information content (AvgIpc) is 3.15. The van der Waals surface area contributed by atoms with Crippen molar-refractivity contribution in [3.8, 4) is 0 Å². The van der Waals surface area contributed by atoms with Crippen molar-refractivity contribution < 1.29 is 14.3 Å². The van der Waals surface area contributed by atoms with E-state index in [2.05, 4.69) is 4.98 Å². The Morgan fingerprint density at radius 1 is 1.21 bits per heavy atom. The van der Waals surface area contributed by atoms with E-state index in [-0.39, 0.29) is 18.3 Å². The maximum absolute atomic E-state index is 13.1. The number of nitrogens with zero attached hydrogens (tertiary/aromatic N) is 3. The molecule has 0 radical (unpaired) electrons. The van der Waals surface area contributed by atoms with Crippen molar-refractivity contribution in [2.45, 2.75) is 32.2 Å². The molecule has 1 atom stereocenters. The topological polar surface area (TPSA) is 58.4 Å². The van der Waals surface area contributed by atoms with E-state index in [0.29, 0.717) is 18.0 Å². The largest absolute Gasteiger partial charge is 0.395 e. The van der Waals surface area contributed by atoms with Gasteiger partial charge in [0.2, 0.25) is 0 Å². The second-order valence-corrected chi connectivity index (χ2v) is 7.79. The van der Waals surface area contributed by atoms with Gasteiger partial charge in [0.15, 0.2) is 0 Å². The van der Waals surface area contributed by atoms with E-state index in [9.17, 15) is 9.18 Å². The number of imidazole rings is 1. The molecule has 4 rings (SSSR count). The lowest BCUT2D eigenvalue weighted by molar-refractivity contribution is 0.0668. The first-order valence-electron chi connectivity index (χ1n) is 10.2. The maximum atomic E-state index is 13.1. The third-order valence-corrected chi connectivity index (χ3v) is 5.77. The van der Waals surface area contributed by atoms with Gasteiger partial charge < -0.3 is 14.6 Å². The van der Waals surface area contributed by atoms with Gasteiger partial charge >= 0.3 is 0 Å². The molecule has 1 amide bonds. The summed E-state index contributed by atoms with van der Waals surface area (Å²) in [6.45, 7) is 2.09. The Balaban J connectivity index is 1.40. The molecule has 1 aromatic heterocycles. The highest BCUT2D eigenvalue weighted by Crippen LogP contribution is 2.24. The van der Waals surface area contributed by atoms with Crippen LogP contribution in [0.3, 0.4) is 0 Å². The molecule has 29 heavy (non-hydrogen) atoms. The lowest BCUT2D eigenvalue weighted by Gasteiger charge is -2.33. The lowest BCUT2D eigenvalue weighted by Crippen LogP contribution is -2.40. The Morgan fingerprint density at radius 3 is 2.83 bits per heavy atom. The Hall–Kier alpha value is -2.73. The highest BCUT2D eigenvalue weighted by molar-refractivity contribution is 5.97. The molecular weight excluding hydrogens is 369 g/mol. The molecule has 1 aliphatic rings. The fraction of sp³-hybridized carbons (Fsp3) is 0.391. The molecule has 5 nitrogen and oxygen atoms in total. The van der Waals surface area contributed by atoms with Crippen molar-refractivity contribution in [1.29, 1.82) is 0 Å². The van der Waals surface area contributed by atoms with E-state index in [1.54, 1.807) is 6.33 Å². The number of halogens is 1. The molecule has 1 saturated heterocycles. The number of likely N-dealkylation sites (tertiary alicyclic amines) is 1. The number of aliphatic hydroxyl groups is 1. The van der Waals surface area contributed by atoms with Crippen molar-refractivity contribution in [2.75, 3.05) is 19.7 Å². The summed E-state index contributed by atoms with van der Waals surface area (Å²) in [4.78, 5) is 19.4. The first-order valence-corrected chi connectivity index (χ1v) is 10.2. The van der Waals surface area contributed by atoms with Gasteiger partial charge in [-0.1, -0.05) is 12.1 Å². The smallest absolute Gasteiger partial charge is 0.253 e. The number of hydrogen-bond donors (Lipinski definition) is 1. The second-order valence-electron chi connectivity index (χ2n) is 7.79. The van der Waals surface area contributed by atoms with Crippen LogP contribution in [0.1, 0.15) is 35.2 Å². The van der Waals surface area contributed by atoms with E-state index >= 15 is 0 Å². The number of benzene rings is 2. The van der Waals surface area contributed by atoms with E-state index in [1.807, 2.05) is 39.8 Å². The fourth-order valence-corrected chi connectivity index (χ4v) is 4.17. The highest BCUT2D eigenvalue weighted by Gasteiger charge is 2.24. The number of carbonyl (C=O) groups excluding carboxylic acids is 1. The maximum Gasteiger partial charge on any atom is 0.253 e. The van der Waals surface area contributed by atoms with Gasteiger partial charge in [-0.25, -0.2) is 9.37 Å². The van der Waals surface area contributed by atoms with Gasteiger partial charge in [-0.2, -0.15) is 0 Å². The summed E-state index contributed by atoms with van der Waals surface area (Å²) in [6.07, 6.45) is 5.73. The lowest BCUT2D eigenvalue weighted by atomic mass is 9.91. The summed E-state index contributed by atoms with van der Waals surface area (Å²) in [5.41, 5.74) is 3.49. The molecule has 2 aromatic carbocycles. The van der Waals surface area contributed by atoms with Crippen LogP contribution in [0.4, 0.5) is 4.39 Å². The monoisotopic (exact) mass is 395 g/mol. The van der Waals surface area contributed by atoms with Crippen molar-refractivity contribution in [3.63, 3.8) is 0 Å². The average molecular weight is 395 g/mol.